The van der Waals surface area contributed by atoms with Crippen molar-refractivity contribution in [3.63, 3.8) is 0 Å². The molecule has 0 atom stereocenters. The van der Waals surface area contributed by atoms with Crippen LogP contribution < -0.4 is 0 Å². The fraction of sp³-hybridized carbons (Fsp3) is 0. The molecule has 3 heteroatoms. The molecule has 0 nitrogen and oxygen atoms in total. The molecule has 0 amide bonds. The summed E-state index contributed by atoms with van der Waals surface area (Å²) in [5.41, 5.74) is 22.7. The molecule has 3 heterocycles. The van der Waals surface area contributed by atoms with Crippen LogP contribution in [0, 0.1) is 0 Å². The van der Waals surface area contributed by atoms with Gasteiger partial charge in [-0.25, -0.2) is 0 Å². The minimum atomic E-state index is 1.23. The Morgan fingerprint density at radius 2 is 0.350 bits per heavy atom. The molecule has 0 saturated carbocycles. The zero-order chi connectivity index (χ0) is 77.3. The Balaban J connectivity index is 0.000000106. The van der Waals surface area contributed by atoms with E-state index in [9.17, 15) is 0 Å². The predicted molar refractivity (Wildman–Crippen MR) is 512 cm³/mol. The first-order valence-electron chi connectivity index (χ1n) is 40.1. The Kier molecular flexibility index (Phi) is 17.6. The molecular weight excluding hydrogens is 1470 g/mol. The van der Waals surface area contributed by atoms with E-state index < -0.39 is 0 Å². The fourth-order valence-electron chi connectivity index (χ4n) is 18.0. The van der Waals surface area contributed by atoms with E-state index >= 15 is 0 Å². The lowest BCUT2D eigenvalue weighted by Crippen LogP contribution is -1.87. The molecule has 0 aliphatic rings. The summed E-state index contributed by atoms with van der Waals surface area (Å²) in [5, 5.41) is 23.6. The number of fused-ring (bicyclic) bond motifs is 18. The van der Waals surface area contributed by atoms with Crippen LogP contribution >= 0.6 is 34.0 Å². The normalized spacial score (nSPS) is 11.6. The predicted octanol–water partition coefficient (Wildman–Crippen LogP) is 34.1. The number of rotatable bonds is 9. The number of thiophene rings is 3. The highest BCUT2D eigenvalue weighted by atomic mass is 32.1. The molecule has 0 aliphatic heterocycles. The maximum absolute atomic E-state index is 2.34. The van der Waals surface area contributed by atoms with E-state index in [1.807, 2.05) is 34.0 Å². The maximum atomic E-state index is 2.34. The third-order valence-corrected chi connectivity index (χ3v) is 27.3. The van der Waals surface area contributed by atoms with Gasteiger partial charge in [-0.3, -0.25) is 0 Å². The fourth-order valence-corrected chi connectivity index (χ4v) is 21.7. The first-order valence-corrected chi connectivity index (χ1v) is 42.5. The summed E-state index contributed by atoms with van der Waals surface area (Å²) >= 11 is 5.66. The second-order valence-corrected chi connectivity index (χ2v) is 33.5. The maximum Gasteiger partial charge on any atom is 0.0434 e. The molecule has 0 radical (unpaired) electrons. The van der Waals surface area contributed by atoms with Crippen molar-refractivity contribution in [2.45, 2.75) is 0 Å². The quantitative estimate of drug-likeness (QED) is 0.126. The largest absolute Gasteiger partial charge is 0.135 e. The topological polar surface area (TPSA) is 0 Å². The van der Waals surface area contributed by atoms with Crippen LogP contribution in [0.4, 0.5) is 0 Å². The molecule has 546 valence electrons. The van der Waals surface area contributed by atoms with Crippen LogP contribution in [0.3, 0.4) is 0 Å². The van der Waals surface area contributed by atoms with Gasteiger partial charge in [0.25, 0.3) is 0 Å². The molecule has 0 N–H and O–H groups in total. The highest BCUT2D eigenvalue weighted by Gasteiger charge is 2.19. The molecule has 0 saturated heterocycles. The van der Waals surface area contributed by atoms with Gasteiger partial charge >= 0.3 is 0 Å². The average Bonchev–Trinajstić information content (AvgIpc) is 1.75. The van der Waals surface area contributed by atoms with Gasteiger partial charge in [-0.1, -0.05) is 394 Å². The summed E-state index contributed by atoms with van der Waals surface area (Å²) in [4.78, 5) is 0. The average molecular weight is 1540 g/mol. The van der Waals surface area contributed by atoms with Crippen molar-refractivity contribution in [2.75, 3.05) is 0 Å². The van der Waals surface area contributed by atoms with Crippen LogP contribution in [-0.2, 0) is 0 Å². The van der Waals surface area contributed by atoms with Gasteiger partial charge in [-0.2, -0.15) is 0 Å². The van der Waals surface area contributed by atoms with Gasteiger partial charge in [-0.05, 0) is 202 Å². The van der Waals surface area contributed by atoms with Gasteiger partial charge < -0.3 is 0 Å². The minimum absolute atomic E-state index is 1.23. The Morgan fingerprint density at radius 1 is 0.111 bits per heavy atom. The van der Waals surface area contributed by atoms with E-state index in [0.29, 0.717) is 0 Å². The van der Waals surface area contributed by atoms with Crippen LogP contribution in [0.1, 0.15) is 0 Å². The number of hydrogen-bond donors (Lipinski definition) is 0. The van der Waals surface area contributed by atoms with Crippen molar-refractivity contribution in [1.82, 2.24) is 0 Å². The van der Waals surface area contributed by atoms with E-state index in [0.717, 1.165) is 0 Å². The number of hydrogen-bond acceptors (Lipinski definition) is 3. The highest BCUT2D eigenvalue weighted by Crippen LogP contribution is 2.47. The lowest BCUT2D eigenvalue weighted by Gasteiger charge is -2.14. The Bertz CT molecular complexity index is 7970. The Hall–Kier alpha value is -14.2. The third kappa shape index (κ3) is 12.6. The SMILES string of the molecule is c1cc(-c2ccc(-c3cc4ccccc4c4ccccc34)cc2)cc(-c2cccc3c2sc2ccccc23)c1.c1ccc(-c2cccc3c2sc2ccccc23)c(-c2ccc(-c3cc4ccccc4c4ccccc34)cc2)c1.c1ccc2c(c1)cc(-c1ccc(-c3ccc(-c4cccc5c4sc4ccccc45)cc3)cc1)c1ccccc12. The second kappa shape index (κ2) is 29.7. The molecule has 117 heavy (non-hydrogen) atoms. The summed E-state index contributed by atoms with van der Waals surface area (Å²) < 4.78 is 8.09. The monoisotopic (exact) mass is 1540 g/mol. The molecule has 0 fully saturated rings. The first-order chi connectivity index (χ1) is 58.0. The standard InChI is InChI=1S/3C38H24S/c1-2-12-30-29(9-1)24-36(33-14-4-3-13-32(30)33)26-21-19-25(20-22-26)27-10-7-11-28(23-27)31-16-8-17-35-34-15-5-6-18-37(34)39-38(31)35;1-2-12-29-27(10-1)24-36(32-15-6-5-13-30(29)32)26-22-20-25(21-23-26)28-11-3-4-14-31(28)34-17-9-18-35-33-16-7-8-19-37(33)39-38(34)35;1-2-9-30-29(8-1)24-36(33-11-4-3-10-32(30)33)28-22-18-26(19-23-28)25-16-20-27(21-17-25)31-13-7-14-35-34-12-5-6-15-37(34)39-38(31)35/h3*1-24H. The molecule has 0 spiro atoms. The van der Waals surface area contributed by atoms with E-state index in [1.54, 1.807) is 0 Å². The van der Waals surface area contributed by atoms with Gasteiger partial charge in [0, 0.05) is 66.1 Å². The van der Waals surface area contributed by atoms with Crippen molar-refractivity contribution in [1.29, 1.82) is 0 Å². The molecule has 0 aliphatic carbocycles. The highest BCUT2D eigenvalue weighted by molar-refractivity contribution is 7.27. The van der Waals surface area contributed by atoms with E-state index in [2.05, 4.69) is 437 Å². The summed E-state index contributed by atoms with van der Waals surface area (Å²) in [7, 11) is 0. The molecule has 21 aromatic carbocycles. The van der Waals surface area contributed by atoms with E-state index in [-0.39, 0.29) is 0 Å². The first kappa shape index (κ1) is 69.5. The van der Waals surface area contributed by atoms with Crippen LogP contribution in [-0.4, -0.2) is 0 Å². The van der Waals surface area contributed by atoms with Gasteiger partial charge in [0.1, 0.15) is 0 Å². The third-order valence-electron chi connectivity index (χ3n) is 23.7. The second-order valence-electron chi connectivity index (χ2n) is 30.3. The zero-order valence-electron chi connectivity index (χ0n) is 63.8. The van der Waals surface area contributed by atoms with Crippen molar-refractivity contribution >= 4 is 159 Å². The van der Waals surface area contributed by atoms with Crippen LogP contribution in [0.15, 0.2) is 437 Å². The van der Waals surface area contributed by atoms with Crippen molar-refractivity contribution < 1.29 is 0 Å². The van der Waals surface area contributed by atoms with Crippen molar-refractivity contribution in [2.24, 2.45) is 0 Å². The smallest absolute Gasteiger partial charge is 0.0434 e. The van der Waals surface area contributed by atoms with E-state index in [4.69, 9.17) is 0 Å². The van der Waals surface area contributed by atoms with Crippen LogP contribution in [0.5, 0.6) is 0 Å². The molecule has 3 aromatic heterocycles. The Morgan fingerprint density at radius 3 is 0.744 bits per heavy atom. The lowest BCUT2D eigenvalue weighted by atomic mass is 9.90. The van der Waals surface area contributed by atoms with Gasteiger partial charge in [0.05, 0.1) is 0 Å². The lowest BCUT2D eigenvalue weighted by molar-refractivity contribution is 1.60. The van der Waals surface area contributed by atoms with Gasteiger partial charge in [0.2, 0.25) is 0 Å². The molecule has 0 bridgehead atoms. The van der Waals surface area contributed by atoms with Crippen molar-refractivity contribution in [3.8, 4) is 100 Å². The van der Waals surface area contributed by atoms with Crippen LogP contribution in [0.25, 0.3) is 225 Å². The summed E-state index contributed by atoms with van der Waals surface area (Å²) in [6, 6.07) is 159. The minimum Gasteiger partial charge on any atom is -0.135 e. The molecule has 24 aromatic rings. The summed E-state index contributed by atoms with van der Waals surface area (Å²) in [5.74, 6) is 0. The van der Waals surface area contributed by atoms with Gasteiger partial charge in [0.15, 0.2) is 0 Å². The Labute approximate surface area is 690 Å². The van der Waals surface area contributed by atoms with E-state index in [1.165, 1.54) is 225 Å². The zero-order valence-corrected chi connectivity index (χ0v) is 66.2. The molecule has 24 rings (SSSR count). The van der Waals surface area contributed by atoms with Crippen molar-refractivity contribution in [3.05, 3.63) is 437 Å². The molecular formula is C114H72S3. The summed E-state index contributed by atoms with van der Waals surface area (Å²) in [6.07, 6.45) is 0. The summed E-state index contributed by atoms with van der Waals surface area (Å²) in [6.45, 7) is 0. The number of benzene rings is 21. The van der Waals surface area contributed by atoms with Gasteiger partial charge in [-0.15, -0.1) is 34.0 Å². The molecule has 0 unspecified atom stereocenters. The van der Waals surface area contributed by atoms with Crippen LogP contribution in [0.2, 0.25) is 0 Å².